The summed E-state index contributed by atoms with van der Waals surface area (Å²) in [5, 5.41) is 11.4. The van der Waals surface area contributed by atoms with Gasteiger partial charge in [-0.25, -0.2) is 4.98 Å². The van der Waals surface area contributed by atoms with Gasteiger partial charge in [-0.2, -0.15) is 14.6 Å². The van der Waals surface area contributed by atoms with Crippen molar-refractivity contribution in [1.29, 1.82) is 0 Å². The van der Waals surface area contributed by atoms with Crippen LogP contribution in [-0.2, 0) is 5.41 Å². The molecule has 2 N–H and O–H groups in total. The molecule has 1 aliphatic heterocycles. The van der Waals surface area contributed by atoms with Crippen LogP contribution in [-0.4, -0.2) is 38.7 Å². The quantitative estimate of drug-likeness (QED) is 0.883. The molecule has 0 radical (unpaired) electrons. The summed E-state index contributed by atoms with van der Waals surface area (Å²) in [4.78, 5) is 9.14. The molecule has 2 aromatic heterocycles. The van der Waals surface area contributed by atoms with E-state index in [0.29, 0.717) is 6.04 Å². The van der Waals surface area contributed by atoms with Crippen molar-refractivity contribution in [3.63, 3.8) is 0 Å². The van der Waals surface area contributed by atoms with E-state index in [4.69, 9.17) is 0 Å². The lowest BCUT2D eigenvalue weighted by Gasteiger charge is -2.24. The van der Waals surface area contributed by atoms with Crippen LogP contribution >= 0.6 is 0 Å². The Bertz CT molecular complexity index is 633. The molecular weight excluding hydrogens is 264 g/mol. The number of nitrogens with one attached hydrogen (secondary N) is 2. The second-order valence-corrected chi connectivity index (χ2v) is 6.81. The first-order chi connectivity index (χ1) is 9.95. The van der Waals surface area contributed by atoms with E-state index < -0.39 is 0 Å². The predicted molar refractivity (Wildman–Crippen MR) is 83.7 cm³/mol. The van der Waals surface area contributed by atoms with Crippen LogP contribution in [0, 0.1) is 6.92 Å². The average Bonchev–Trinajstić information content (AvgIpc) is 2.83. The second kappa shape index (κ2) is 5.26. The van der Waals surface area contributed by atoms with Crippen LogP contribution in [0.4, 0.5) is 5.95 Å². The smallest absolute Gasteiger partial charge is 0.227 e. The first-order valence-corrected chi connectivity index (χ1v) is 7.65. The zero-order chi connectivity index (χ0) is 15.0. The SMILES string of the molecule is Cc1nc(NC2CCNCC2)n2ncc(C(C)(C)C)c2n1. The van der Waals surface area contributed by atoms with Crippen LogP contribution in [0.2, 0.25) is 0 Å². The topological polar surface area (TPSA) is 67.1 Å². The summed E-state index contributed by atoms with van der Waals surface area (Å²) in [6.07, 6.45) is 4.13. The van der Waals surface area contributed by atoms with Crippen LogP contribution in [0.5, 0.6) is 0 Å². The predicted octanol–water partition coefficient (Wildman–Crippen LogP) is 1.89. The lowest BCUT2D eigenvalue weighted by Crippen LogP contribution is -2.36. The van der Waals surface area contributed by atoms with Gasteiger partial charge in [-0.1, -0.05) is 20.8 Å². The number of piperidine rings is 1. The minimum Gasteiger partial charge on any atom is -0.351 e. The number of nitrogens with zero attached hydrogens (tertiary/aromatic N) is 4. The highest BCUT2D eigenvalue weighted by Crippen LogP contribution is 2.26. The third-order valence-electron chi connectivity index (χ3n) is 3.96. The van der Waals surface area contributed by atoms with Crippen LogP contribution in [0.15, 0.2) is 6.20 Å². The van der Waals surface area contributed by atoms with E-state index >= 15 is 0 Å². The van der Waals surface area contributed by atoms with Crippen molar-refractivity contribution in [3.05, 3.63) is 17.6 Å². The molecule has 1 saturated heterocycles. The Morgan fingerprint density at radius 2 is 1.95 bits per heavy atom. The van der Waals surface area contributed by atoms with Crippen molar-refractivity contribution in [2.75, 3.05) is 18.4 Å². The van der Waals surface area contributed by atoms with Crippen molar-refractivity contribution in [1.82, 2.24) is 24.9 Å². The number of aromatic nitrogens is 4. The first-order valence-electron chi connectivity index (χ1n) is 7.65. The number of rotatable bonds is 2. The number of fused-ring (bicyclic) bond motifs is 1. The Labute approximate surface area is 125 Å². The fourth-order valence-electron chi connectivity index (χ4n) is 2.75. The third-order valence-corrected chi connectivity index (χ3v) is 3.96. The zero-order valence-electron chi connectivity index (χ0n) is 13.3. The van der Waals surface area contributed by atoms with E-state index in [-0.39, 0.29) is 5.41 Å². The van der Waals surface area contributed by atoms with Gasteiger partial charge >= 0.3 is 0 Å². The highest BCUT2D eigenvalue weighted by molar-refractivity contribution is 5.53. The molecule has 114 valence electrons. The normalized spacial score (nSPS) is 17.3. The molecule has 0 aromatic carbocycles. The largest absolute Gasteiger partial charge is 0.351 e. The summed E-state index contributed by atoms with van der Waals surface area (Å²) in [6, 6.07) is 0.450. The lowest BCUT2D eigenvalue weighted by atomic mass is 9.89. The summed E-state index contributed by atoms with van der Waals surface area (Å²) < 4.78 is 1.84. The van der Waals surface area contributed by atoms with Gasteiger partial charge in [0.15, 0.2) is 5.65 Å². The van der Waals surface area contributed by atoms with E-state index in [9.17, 15) is 0 Å². The zero-order valence-corrected chi connectivity index (χ0v) is 13.3. The van der Waals surface area contributed by atoms with Crippen molar-refractivity contribution in [2.24, 2.45) is 0 Å². The Kier molecular flexibility index (Phi) is 3.57. The third kappa shape index (κ3) is 2.85. The summed E-state index contributed by atoms with van der Waals surface area (Å²) in [5.74, 6) is 1.59. The second-order valence-electron chi connectivity index (χ2n) is 6.81. The maximum atomic E-state index is 4.59. The summed E-state index contributed by atoms with van der Waals surface area (Å²) >= 11 is 0. The molecule has 6 heteroatoms. The monoisotopic (exact) mass is 288 g/mol. The van der Waals surface area contributed by atoms with Crippen molar-refractivity contribution < 1.29 is 0 Å². The molecular formula is C15H24N6. The van der Waals surface area contributed by atoms with Gasteiger partial charge in [0.25, 0.3) is 0 Å². The molecule has 1 fully saturated rings. The van der Waals surface area contributed by atoms with Gasteiger partial charge in [-0.15, -0.1) is 0 Å². The molecule has 1 aliphatic rings. The van der Waals surface area contributed by atoms with E-state index in [1.54, 1.807) is 0 Å². The van der Waals surface area contributed by atoms with E-state index in [1.807, 2.05) is 17.6 Å². The Morgan fingerprint density at radius 3 is 2.62 bits per heavy atom. The number of aryl methyl sites for hydroxylation is 1. The van der Waals surface area contributed by atoms with Gasteiger partial charge in [-0.05, 0) is 38.3 Å². The maximum absolute atomic E-state index is 4.59. The lowest BCUT2D eigenvalue weighted by molar-refractivity contribution is 0.476. The molecule has 3 heterocycles. The fourth-order valence-corrected chi connectivity index (χ4v) is 2.75. The van der Waals surface area contributed by atoms with Crippen LogP contribution < -0.4 is 10.6 Å². The molecule has 0 unspecified atom stereocenters. The Balaban J connectivity index is 2.00. The molecule has 6 nitrogen and oxygen atoms in total. The first kappa shape index (κ1) is 14.3. The molecule has 0 amide bonds. The van der Waals surface area contributed by atoms with Gasteiger partial charge in [0, 0.05) is 11.6 Å². The highest BCUT2D eigenvalue weighted by Gasteiger charge is 2.23. The maximum Gasteiger partial charge on any atom is 0.227 e. The fraction of sp³-hybridized carbons (Fsp3) is 0.667. The van der Waals surface area contributed by atoms with Crippen molar-refractivity contribution in [2.45, 2.75) is 52.0 Å². The minimum atomic E-state index is 0.0224. The summed E-state index contributed by atoms with van der Waals surface area (Å²) in [5.41, 5.74) is 2.09. The Morgan fingerprint density at radius 1 is 1.24 bits per heavy atom. The molecule has 0 bridgehead atoms. The van der Waals surface area contributed by atoms with Crippen LogP contribution in [0.1, 0.15) is 45.0 Å². The summed E-state index contributed by atoms with van der Waals surface area (Å²) in [6.45, 7) is 10.6. The number of anilines is 1. The molecule has 0 spiro atoms. The van der Waals surface area contributed by atoms with E-state index in [0.717, 1.165) is 48.9 Å². The molecule has 21 heavy (non-hydrogen) atoms. The number of hydrogen-bond acceptors (Lipinski definition) is 5. The molecule has 0 aliphatic carbocycles. The highest BCUT2D eigenvalue weighted by atomic mass is 15.4. The van der Waals surface area contributed by atoms with E-state index in [2.05, 4.69) is 46.5 Å². The summed E-state index contributed by atoms with van der Waals surface area (Å²) in [7, 11) is 0. The van der Waals surface area contributed by atoms with Gasteiger partial charge in [0.2, 0.25) is 5.95 Å². The number of hydrogen-bond donors (Lipinski definition) is 2. The minimum absolute atomic E-state index is 0.0224. The molecule has 0 atom stereocenters. The van der Waals surface area contributed by atoms with Gasteiger partial charge in [-0.3, -0.25) is 0 Å². The standard InChI is InChI=1S/C15H24N6/c1-10-18-13-12(15(2,3)4)9-17-21(13)14(19-10)20-11-5-7-16-8-6-11/h9,11,16H,5-8H2,1-4H3,(H,18,19,20). The van der Waals surface area contributed by atoms with Crippen LogP contribution in [0.3, 0.4) is 0 Å². The van der Waals surface area contributed by atoms with Crippen LogP contribution in [0.25, 0.3) is 5.65 Å². The van der Waals surface area contributed by atoms with E-state index in [1.165, 1.54) is 0 Å². The van der Waals surface area contributed by atoms with Gasteiger partial charge in [0.05, 0.1) is 6.20 Å². The van der Waals surface area contributed by atoms with Gasteiger partial charge < -0.3 is 10.6 Å². The average molecular weight is 288 g/mol. The molecule has 2 aromatic rings. The van der Waals surface area contributed by atoms with Crippen molar-refractivity contribution in [3.8, 4) is 0 Å². The van der Waals surface area contributed by atoms with Crippen molar-refractivity contribution >= 4 is 11.6 Å². The Hall–Kier alpha value is -1.69. The molecule has 3 rings (SSSR count). The van der Waals surface area contributed by atoms with Gasteiger partial charge in [0.1, 0.15) is 5.82 Å². The molecule has 0 saturated carbocycles.